The predicted molar refractivity (Wildman–Crippen MR) is 112 cm³/mol. The molecule has 3 heterocycles. The third-order valence-electron chi connectivity index (χ3n) is 4.86. The molecule has 1 aliphatic rings. The molecule has 152 valence electrons. The molecule has 5 nitrogen and oxygen atoms in total. The van der Waals surface area contributed by atoms with Crippen molar-refractivity contribution in [3.8, 4) is 11.5 Å². The van der Waals surface area contributed by atoms with Crippen LogP contribution in [-0.2, 0) is 24.3 Å². The minimum absolute atomic E-state index is 0.111. The second-order valence-corrected chi connectivity index (χ2v) is 8.55. The third kappa shape index (κ3) is 5.21. The summed E-state index contributed by atoms with van der Waals surface area (Å²) in [5.74, 6) is 2.46. The second kappa shape index (κ2) is 9.18. The van der Waals surface area contributed by atoms with E-state index in [9.17, 15) is 4.79 Å². The van der Waals surface area contributed by atoms with Crippen LogP contribution in [-0.4, -0.2) is 24.0 Å². The Bertz CT molecular complexity index is 948. The normalized spacial score (nSPS) is 13.1. The Labute approximate surface area is 174 Å². The zero-order chi connectivity index (χ0) is 20.1. The van der Waals surface area contributed by atoms with E-state index in [1.165, 1.54) is 9.75 Å². The lowest BCUT2D eigenvalue weighted by molar-refractivity contribution is -0.132. The molecule has 0 bridgehead atoms. The van der Waals surface area contributed by atoms with Crippen LogP contribution in [0.15, 0.2) is 53.1 Å². The fourth-order valence-electron chi connectivity index (χ4n) is 3.35. The van der Waals surface area contributed by atoms with Crippen LogP contribution in [0.5, 0.6) is 11.5 Å². The van der Waals surface area contributed by atoms with E-state index in [-0.39, 0.29) is 5.91 Å². The second-order valence-electron chi connectivity index (χ2n) is 7.17. The lowest BCUT2D eigenvalue weighted by Crippen LogP contribution is -2.29. The van der Waals surface area contributed by atoms with Crippen molar-refractivity contribution in [1.29, 1.82) is 0 Å². The van der Waals surface area contributed by atoms with Gasteiger partial charge in [-0.2, -0.15) is 0 Å². The first-order valence-corrected chi connectivity index (χ1v) is 10.7. The van der Waals surface area contributed by atoms with Gasteiger partial charge < -0.3 is 18.8 Å². The van der Waals surface area contributed by atoms with Crippen LogP contribution in [0, 0.1) is 6.92 Å². The van der Waals surface area contributed by atoms with E-state index in [2.05, 4.69) is 19.1 Å². The first kappa shape index (κ1) is 19.6. The molecule has 1 amide bonds. The zero-order valence-electron chi connectivity index (χ0n) is 16.6. The van der Waals surface area contributed by atoms with Crippen molar-refractivity contribution in [1.82, 2.24) is 4.90 Å². The maximum atomic E-state index is 13.0. The van der Waals surface area contributed by atoms with Gasteiger partial charge in [-0.3, -0.25) is 4.79 Å². The number of ether oxygens (including phenoxy) is 2. The first-order valence-electron chi connectivity index (χ1n) is 9.91. The van der Waals surface area contributed by atoms with E-state index < -0.39 is 0 Å². The van der Waals surface area contributed by atoms with Gasteiger partial charge in [0.05, 0.1) is 32.6 Å². The Morgan fingerprint density at radius 3 is 2.69 bits per heavy atom. The highest BCUT2D eigenvalue weighted by molar-refractivity contribution is 7.11. The molecule has 0 N–H and O–H groups in total. The van der Waals surface area contributed by atoms with E-state index in [4.69, 9.17) is 13.9 Å². The summed E-state index contributed by atoms with van der Waals surface area (Å²) < 4.78 is 16.9. The smallest absolute Gasteiger partial charge is 0.223 e. The number of furan rings is 1. The van der Waals surface area contributed by atoms with Crippen molar-refractivity contribution < 1.29 is 18.7 Å². The number of thiophene rings is 1. The highest BCUT2D eigenvalue weighted by Crippen LogP contribution is 2.31. The number of nitrogens with zero attached hydrogens (tertiary/aromatic N) is 1. The summed E-state index contributed by atoms with van der Waals surface area (Å²) >= 11 is 1.72. The largest absolute Gasteiger partial charge is 0.490 e. The summed E-state index contributed by atoms with van der Waals surface area (Å²) in [6.45, 7) is 4.49. The topological polar surface area (TPSA) is 51.9 Å². The van der Waals surface area contributed by atoms with Gasteiger partial charge in [0.15, 0.2) is 11.5 Å². The summed E-state index contributed by atoms with van der Waals surface area (Å²) in [6, 6.07) is 13.9. The molecule has 2 aromatic heterocycles. The average Bonchev–Trinajstić information content (AvgIpc) is 3.32. The van der Waals surface area contributed by atoms with E-state index in [0.29, 0.717) is 39.1 Å². The lowest BCUT2D eigenvalue weighted by atomic mass is 10.1. The number of hydrogen-bond donors (Lipinski definition) is 0. The van der Waals surface area contributed by atoms with Crippen molar-refractivity contribution >= 4 is 17.2 Å². The molecule has 29 heavy (non-hydrogen) atoms. The van der Waals surface area contributed by atoms with Crippen LogP contribution in [0.4, 0.5) is 0 Å². The van der Waals surface area contributed by atoms with Crippen molar-refractivity contribution in [3.05, 3.63) is 69.8 Å². The molecular weight excluding hydrogens is 386 g/mol. The molecule has 0 fully saturated rings. The van der Waals surface area contributed by atoms with Crippen LogP contribution in [0.25, 0.3) is 0 Å². The Morgan fingerprint density at radius 1 is 1.07 bits per heavy atom. The molecule has 0 spiro atoms. The quantitative estimate of drug-likeness (QED) is 0.551. The first-order chi connectivity index (χ1) is 14.2. The molecule has 1 aliphatic heterocycles. The molecule has 0 atom stereocenters. The number of rotatable bonds is 7. The molecule has 0 radical (unpaired) electrons. The molecule has 0 saturated carbocycles. The van der Waals surface area contributed by atoms with Gasteiger partial charge in [0.1, 0.15) is 5.76 Å². The molecule has 0 unspecified atom stereocenters. The average molecular weight is 412 g/mol. The van der Waals surface area contributed by atoms with E-state index in [1.807, 2.05) is 35.2 Å². The monoisotopic (exact) mass is 411 g/mol. The molecule has 3 aromatic rings. The van der Waals surface area contributed by atoms with E-state index >= 15 is 0 Å². The number of fused-ring (bicyclic) bond motifs is 1. The Kier molecular flexibility index (Phi) is 6.20. The number of aryl methyl sites for hydroxylation is 2. The Balaban J connectivity index is 1.42. The van der Waals surface area contributed by atoms with Gasteiger partial charge >= 0.3 is 0 Å². The number of hydrogen-bond acceptors (Lipinski definition) is 5. The number of benzene rings is 1. The summed E-state index contributed by atoms with van der Waals surface area (Å²) in [6.07, 6.45) is 3.62. The standard InChI is InChI=1S/C23H25NO4S/c1-17-5-8-20(29-17)16-24(15-19-4-2-11-26-19)23(25)10-7-18-6-9-21-22(14-18)28-13-3-12-27-21/h2,4-6,8-9,11,14H,3,7,10,12-13,15-16H2,1H3. The number of amides is 1. The van der Waals surface area contributed by atoms with Gasteiger partial charge in [0.2, 0.25) is 5.91 Å². The molecule has 0 aliphatic carbocycles. The van der Waals surface area contributed by atoms with Gasteiger partial charge in [-0.25, -0.2) is 0 Å². The Hall–Kier alpha value is -2.73. The van der Waals surface area contributed by atoms with Crippen LogP contribution in [0.1, 0.15) is 33.9 Å². The van der Waals surface area contributed by atoms with Crippen molar-refractivity contribution in [3.63, 3.8) is 0 Å². The summed E-state index contributed by atoms with van der Waals surface area (Å²) in [4.78, 5) is 17.3. The SMILES string of the molecule is Cc1ccc(CN(Cc2ccco2)C(=O)CCc2ccc3c(c2)OCCCO3)s1. The number of carbonyl (C=O) groups excluding carboxylic acids is 1. The van der Waals surface area contributed by atoms with Gasteiger partial charge in [-0.05, 0) is 55.3 Å². The van der Waals surface area contributed by atoms with Crippen LogP contribution in [0.3, 0.4) is 0 Å². The maximum absolute atomic E-state index is 13.0. The molecule has 6 heteroatoms. The fourth-order valence-corrected chi connectivity index (χ4v) is 4.26. The van der Waals surface area contributed by atoms with Crippen LogP contribution >= 0.6 is 11.3 Å². The highest BCUT2D eigenvalue weighted by atomic mass is 32.1. The van der Waals surface area contributed by atoms with Gasteiger partial charge in [0, 0.05) is 22.6 Å². The minimum Gasteiger partial charge on any atom is -0.490 e. The summed E-state index contributed by atoms with van der Waals surface area (Å²) in [5, 5.41) is 0. The van der Waals surface area contributed by atoms with Gasteiger partial charge in [-0.1, -0.05) is 6.07 Å². The van der Waals surface area contributed by atoms with Gasteiger partial charge in [-0.15, -0.1) is 11.3 Å². The maximum Gasteiger partial charge on any atom is 0.223 e. The van der Waals surface area contributed by atoms with Crippen LogP contribution < -0.4 is 9.47 Å². The van der Waals surface area contributed by atoms with E-state index in [1.54, 1.807) is 17.6 Å². The number of carbonyl (C=O) groups is 1. The summed E-state index contributed by atoms with van der Waals surface area (Å²) in [7, 11) is 0. The molecule has 0 saturated heterocycles. The molecular formula is C23H25NO4S. The lowest BCUT2D eigenvalue weighted by Gasteiger charge is -2.21. The predicted octanol–water partition coefficient (Wildman–Crippen LogP) is 4.97. The minimum atomic E-state index is 0.111. The summed E-state index contributed by atoms with van der Waals surface area (Å²) in [5.41, 5.74) is 1.08. The molecule has 4 rings (SSSR count). The van der Waals surface area contributed by atoms with E-state index in [0.717, 1.165) is 29.2 Å². The van der Waals surface area contributed by atoms with Crippen molar-refractivity contribution in [2.45, 2.75) is 39.3 Å². The molecule has 1 aromatic carbocycles. The zero-order valence-corrected chi connectivity index (χ0v) is 17.4. The van der Waals surface area contributed by atoms with Crippen molar-refractivity contribution in [2.24, 2.45) is 0 Å². The van der Waals surface area contributed by atoms with Crippen molar-refractivity contribution in [2.75, 3.05) is 13.2 Å². The fraction of sp³-hybridized carbons (Fsp3) is 0.348. The Morgan fingerprint density at radius 2 is 1.93 bits per heavy atom. The van der Waals surface area contributed by atoms with Gasteiger partial charge in [0.25, 0.3) is 0 Å². The highest BCUT2D eigenvalue weighted by Gasteiger charge is 2.18. The van der Waals surface area contributed by atoms with Crippen LogP contribution in [0.2, 0.25) is 0 Å². The third-order valence-corrected chi connectivity index (χ3v) is 5.85.